The molecular formula is C15H11ClO3. The van der Waals surface area contributed by atoms with E-state index < -0.39 is 5.97 Å². The summed E-state index contributed by atoms with van der Waals surface area (Å²) in [5.41, 5.74) is 1.40. The lowest BCUT2D eigenvalue weighted by atomic mass is 9.97. The van der Waals surface area contributed by atoms with Crippen LogP contribution < -0.4 is 0 Å². The lowest BCUT2D eigenvalue weighted by Crippen LogP contribution is -2.10. The Bertz CT molecular complexity index is 645. The molecular weight excluding hydrogens is 264 g/mol. The molecule has 19 heavy (non-hydrogen) atoms. The van der Waals surface area contributed by atoms with E-state index in [1.54, 1.807) is 37.3 Å². The summed E-state index contributed by atoms with van der Waals surface area (Å²) in [7, 11) is 0. The molecule has 4 heteroatoms. The number of aryl methyl sites for hydroxylation is 1. The summed E-state index contributed by atoms with van der Waals surface area (Å²) in [5.74, 6) is -1.44. The second-order valence-electron chi connectivity index (χ2n) is 4.19. The van der Waals surface area contributed by atoms with Gasteiger partial charge in [-0.25, -0.2) is 4.79 Å². The van der Waals surface area contributed by atoms with Gasteiger partial charge in [0, 0.05) is 16.1 Å². The molecule has 0 amide bonds. The first-order valence-electron chi connectivity index (χ1n) is 5.63. The molecule has 0 aliphatic carbocycles. The molecule has 0 bridgehead atoms. The molecule has 1 N–H and O–H groups in total. The zero-order chi connectivity index (χ0) is 14.0. The maximum Gasteiger partial charge on any atom is 0.336 e. The lowest BCUT2D eigenvalue weighted by molar-refractivity contribution is 0.0692. The summed E-state index contributed by atoms with van der Waals surface area (Å²) in [4.78, 5) is 23.5. The van der Waals surface area contributed by atoms with Crippen molar-refractivity contribution in [3.05, 3.63) is 69.7 Å². The van der Waals surface area contributed by atoms with E-state index in [2.05, 4.69) is 0 Å². The van der Waals surface area contributed by atoms with Crippen LogP contribution in [0.4, 0.5) is 0 Å². The molecule has 2 rings (SSSR count). The Kier molecular flexibility index (Phi) is 3.67. The predicted octanol–water partition coefficient (Wildman–Crippen LogP) is 3.58. The molecule has 0 saturated carbocycles. The molecule has 0 aromatic heterocycles. The molecule has 0 aliphatic rings. The largest absolute Gasteiger partial charge is 0.478 e. The first kappa shape index (κ1) is 13.3. The fourth-order valence-corrected chi connectivity index (χ4v) is 1.92. The van der Waals surface area contributed by atoms with Gasteiger partial charge in [0.05, 0.1) is 5.56 Å². The van der Waals surface area contributed by atoms with Gasteiger partial charge in [0.2, 0.25) is 0 Å². The summed E-state index contributed by atoms with van der Waals surface area (Å²) < 4.78 is 0. The number of carbonyl (C=O) groups excluding carboxylic acids is 1. The summed E-state index contributed by atoms with van der Waals surface area (Å²) in [6.07, 6.45) is 0. The molecule has 0 saturated heterocycles. The third-order valence-corrected chi connectivity index (χ3v) is 3.01. The predicted molar refractivity (Wildman–Crippen MR) is 73.0 cm³/mol. The van der Waals surface area contributed by atoms with Gasteiger partial charge in [0.15, 0.2) is 5.78 Å². The normalized spacial score (nSPS) is 10.2. The summed E-state index contributed by atoms with van der Waals surface area (Å²) in [6, 6.07) is 11.1. The van der Waals surface area contributed by atoms with Crippen LogP contribution in [0.3, 0.4) is 0 Å². The van der Waals surface area contributed by atoms with Crippen LogP contribution in [0.15, 0.2) is 42.5 Å². The van der Waals surface area contributed by atoms with E-state index in [4.69, 9.17) is 16.7 Å². The Labute approximate surface area is 115 Å². The monoisotopic (exact) mass is 274 g/mol. The molecule has 0 unspecified atom stereocenters. The van der Waals surface area contributed by atoms with Crippen LogP contribution in [-0.2, 0) is 0 Å². The Morgan fingerprint density at radius 1 is 1.00 bits per heavy atom. The first-order valence-corrected chi connectivity index (χ1v) is 6.01. The number of aromatic carboxylic acids is 1. The van der Waals surface area contributed by atoms with Crippen LogP contribution in [-0.4, -0.2) is 16.9 Å². The van der Waals surface area contributed by atoms with Gasteiger partial charge >= 0.3 is 5.97 Å². The quantitative estimate of drug-likeness (QED) is 0.871. The summed E-state index contributed by atoms with van der Waals surface area (Å²) >= 11 is 5.76. The number of carboxylic acid groups (broad SMARTS) is 1. The third kappa shape index (κ3) is 2.83. The second kappa shape index (κ2) is 5.24. The Hall–Kier alpha value is -2.13. The average Bonchev–Trinajstić information content (AvgIpc) is 2.38. The molecule has 0 fully saturated rings. The van der Waals surface area contributed by atoms with Crippen LogP contribution in [0, 0.1) is 6.92 Å². The highest BCUT2D eigenvalue weighted by molar-refractivity contribution is 6.30. The van der Waals surface area contributed by atoms with E-state index >= 15 is 0 Å². The van der Waals surface area contributed by atoms with Crippen molar-refractivity contribution < 1.29 is 14.7 Å². The van der Waals surface area contributed by atoms with Crippen molar-refractivity contribution in [2.45, 2.75) is 6.92 Å². The van der Waals surface area contributed by atoms with Gasteiger partial charge in [-0.2, -0.15) is 0 Å². The van der Waals surface area contributed by atoms with Crippen LogP contribution >= 0.6 is 11.6 Å². The van der Waals surface area contributed by atoms with E-state index in [-0.39, 0.29) is 16.9 Å². The number of halogens is 1. The van der Waals surface area contributed by atoms with Crippen molar-refractivity contribution in [3.8, 4) is 0 Å². The standard InChI is InChI=1S/C15H11ClO3/c1-9-2-7-12(13(8-9)15(18)19)14(17)10-3-5-11(16)6-4-10/h2-8H,1H3,(H,18,19). The number of hydrogen-bond donors (Lipinski definition) is 1. The minimum absolute atomic E-state index is 0.0138. The Morgan fingerprint density at radius 2 is 1.63 bits per heavy atom. The molecule has 0 radical (unpaired) electrons. The maximum absolute atomic E-state index is 12.3. The van der Waals surface area contributed by atoms with Crippen LogP contribution in [0.5, 0.6) is 0 Å². The zero-order valence-electron chi connectivity index (χ0n) is 10.2. The number of benzene rings is 2. The van der Waals surface area contributed by atoms with Crippen LogP contribution in [0.25, 0.3) is 0 Å². The molecule has 0 heterocycles. The molecule has 0 spiro atoms. The molecule has 0 atom stereocenters. The van der Waals surface area contributed by atoms with Crippen molar-refractivity contribution in [2.75, 3.05) is 0 Å². The van der Waals surface area contributed by atoms with Crippen molar-refractivity contribution in [2.24, 2.45) is 0 Å². The molecule has 2 aromatic rings. The highest BCUT2D eigenvalue weighted by atomic mass is 35.5. The van der Waals surface area contributed by atoms with Gasteiger partial charge in [-0.1, -0.05) is 23.2 Å². The highest BCUT2D eigenvalue weighted by Gasteiger charge is 2.17. The average molecular weight is 275 g/mol. The smallest absolute Gasteiger partial charge is 0.336 e. The number of carbonyl (C=O) groups is 2. The van der Waals surface area contributed by atoms with E-state index in [1.165, 1.54) is 12.1 Å². The third-order valence-electron chi connectivity index (χ3n) is 2.76. The lowest BCUT2D eigenvalue weighted by Gasteiger charge is -2.06. The van der Waals surface area contributed by atoms with Gasteiger partial charge in [-0.15, -0.1) is 0 Å². The maximum atomic E-state index is 12.3. The van der Waals surface area contributed by atoms with Gasteiger partial charge in [-0.05, 0) is 43.3 Å². The fourth-order valence-electron chi connectivity index (χ4n) is 1.79. The van der Waals surface area contributed by atoms with Gasteiger partial charge in [0.1, 0.15) is 0 Å². The van der Waals surface area contributed by atoms with Crippen molar-refractivity contribution in [1.82, 2.24) is 0 Å². The number of ketones is 1. The second-order valence-corrected chi connectivity index (χ2v) is 4.63. The van der Waals surface area contributed by atoms with E-state index in [0.717, 1.165) is 5.56 Å². The Balaban J connectivity index is 2.49. The Morgan fingerprint density at radius 3 is 2.21 bits per heavy atom. The van der Waals surface area contributed by atoms with Crippen molar-refractivity contribution >= 4 is 23.4 Å². The van der Waals surface area contributed by atoms with E-state index in [1.807, 2.05) is 0 Å². The molecule has 2 aromatic carbocycles. The van der Waals surface area contributed by atoms with Gasteiger partial charge < -0.3 is 5.11 Å². The SMILES string of the molecule is Cc1ccc(C(=O)c2ccc(Cl)cc2)c(C(=O)O)c1. The molecule has 96 valence electrons. The minimum Gasteiger partial charge on any atom is -0.478 e. The fraction of sp³-hybridized carbons (Fsp3) is 0.0667. The van der Waals surface area contributed by atoms with Gasteiger partial charge in [0.25, 0.3) is 0 Å². The van der Waals surface area contributed by atoms with Gasteiger partial charge in [-0.3, -0.25) is 4.79 Å². The zero-order valence-corrected chi connectivity index (χ0v) is 10.9. The van der Waals surface area contributed by atoms with Crippen molar-refractivity contribution in [1.29, 1.82) is 0 Å². The number of carboxylic acids is 1. The summed E-state index contributed by atoms with van der Waals surface area (Å²) in [5, 5.41) is 9.68. The first-order chi connectivity index (χ1) is 8.99. The number of hydrogen-bond acceptors (Lipinski definition) is 2. The topological polar surface area (TPSA) is 54.4 Å². The van der Waals surface area contributed by atoms with Crippen molar-refractivity contribution in [3.63, 3.8) is 0 Å². The van der Waals surface area contributed by atoms with Crippen LogP contribution in [0.1, 0.15) is 31.8 Å². The summed E-state index contributed by atoms with van der Waals surface area (Å²) in [6.45, 7) is 1.78. The number of rotatable bonds is 3. The molecule has 0 aliphatic heterocycles. The molecule has 3 nitrogen and oxygen atoms in total. The minimum atomic E-state index is -1.11. The van der Waals surface area contributed by atoms with E-state index in [0.29, 0.717) is 10.6 Å². The highest BCUT2D eigenvalue weighted by Crippen LogP contribution is 2.18. The van der Waals surface area contributed by atoms with Crippen LogP contribution in [0.2, 0.25) is 5.02 Å². The van der Waals surface area contributed by atoms with E-state index in [9.17, 15) is 9.59 Å².